The fourth-order valence-electron chi connectivity index (χ4n) is 1.94. The predicted molar refractivity (Wildman–Crippen MR) is 75.0 cm³/mol. The van der Waals surface area contributed by atoms with Crippen LogP contribution >= 0.6 is 0 Å². The van der Waals surface area contributed by atoms with Crippen molar-refractivity contribution in [2.75, 3.05) is 26.4 Å². The number of carbonyl (C=O) groups is 1. The second-order valence-electron chi connectivity index (χ2n) is 4.70. The number of hydrogen-bond donors (Lipinski definition) is 2. The van der Waals surface area contributed by atoms with E-state index < -0.39 is 5.97 Å². The Bertz CT molecular complexity index is 405. The van der Waals surface area contributed by atoms with Gasteiger partial charge in [0.15, 0.2) is 0 Å². The number of benzene rings is 1. The summed E-state index contributed by atoms with van der Waals surface area (Å²) in [5.74, 6) is 0.0357. The number of ether oxygens (including phenoxy) is 2. The molecule has 0 radical (unpaired) electrons. The quantitative estimate of drug-likeness (QED) is 0.639. The fourth-order valence-corrected chi connectivity index (χ4v) is 1.94. The van der Waals surface area contributed by atoms with E-state index in [0.717, 1.165) is 11.3 Å². The molecular weight excluding hydrogens is 260 g/mol. The Kier molecular flexibility index (Phi) is 7.69. The minimum atomic E-state index is -0.784. The van der Waals surface area contributed by atoms with E-state index >= 15 is 0 Å². The standard InChI is InChI=1S/C15H22O5/c1-12(11-15(17)18)10-13-4-2-3-5-14(13)20-9-8-19-7-6-16/h2-5,12,16H,6-11H2,1H3,(H,17,18). The molecule has 112 valence electrons. The lowest BCUT2D eigenvalue weighted by Crippen LogP contribution is -2.11. The molecule has 1 aromatic rings. The van der Waals surface area contributed by atoms with Crippen LogP contribution in [-0.2, 0) is 16.0 Å². The Balaban J connectivity index is 2.48. The molecule has 0 heterocycles. The first-order valence-electron chi connectivity index (χ1n) is 6.74. The third kappa shape index (κ3) is 6.54. The lowest BCUT2D eigenvalue weighted by atomic mass is 9.97. The van der Waals surface area contributed by atoms with Crippen LogP contribution in [0.2, 0.25) is 0 Å². The molecule has 0 aliphatic carbocycles. The molecule has 2 N–H and O–H groups in total. The normalized spacial score (nSPS) is 12.1. The maximum atomic E-state index is 10.7. The van der Waals surface area contributed by atoms with Gasteiger partial charge in [0.25, 0.3) is 0 Å². The summed E-state index contributed by atoms with van der Waals surface area (Å²) in [6.45, 7) is 3.04. The van der Waals surface area contributed by atoms with Crippen LogP contribution in [0.15, 0.2) is 24.3 Å². The van der Waals surface area contributed by atoms with Gasteiger partial charge in [0.05, 0.1) is 19.8 Å². The molecular formula is C15H22O5. The van der Waals surface area contributed by atoms with E-state index in [1.807, 2.05) is 31.2 Å². The van der Waals surface area contributed by atoms with Gasteiger partial charge in [-0.05, 0) is 24.0 Å². The van der Waals surface area contributed by atoms with Crippen molar-refractivity contribution in [3.63, 3.8) is 0 Å². The Morgan fingerprint density at radius 1 is 1.25 bits per heavy atom. The summed E-state index contributed by atoms with van der Waals surface area (Å²) in [6.07, 6.45) is 0.813. The zero-order valence-corrected chi connectivity index (χ0v) is 11.7. The summed E-state index contributed by atoms with van der Waals surface area (Å²) in [6, 6.07) is 7.62. The molecule has 5 nitrogen and oxygen atoms in total. The summed E-state index contributed by atoms with van der Waals surface area (Å²) in [7, 11) is 0. The van der Waals surface area contributed by atoms with Gasteiger partial charge in [-0.15, -0.1) is 0 Å². The molecule has 0 amide bonds. The molecule has 0 spiro atoms. The van der Waals surface area contributed by atoms with Crippen molar-refractivity contribution in [1.29, 1.82) is 0 Å². The second kappa shape index (κ2) is 9.34. The van der Waals surface area contributed by atoms with Gasteiger partial charge in [-0.2, -0.15) is 0 Å². The monoisotopic (exact) mass is 282 g/mol. The van der Waals surface area contributed by atoms with Crippen molar-refractivity contribution in [2.45, 2.75) is 19.8 Å². The molecule has 1 atom stereocenters. The van der Waals surface area contributed by atoms with Crippen LogP contribution in [0.25, 0.3) is 0 Å². The van der Waals surface area contributed by atoms with Gasteiger partial charge in [0, 0.05) is 6.42 Å². The smallest absolute Gasteiger partial charge is 0.303 e. The molecule has 1 rings (SSSR count). The van der Waals surface area contributed by atoms with Crippen LogP contribution in [0.4, 0.5) is 0 Å². The van der Waals surface area contributed by atoms with Crippen molar-refractivity contribution < 1.29 is 24.5 Å². The van der Waals surface area contributed by atoms with E-state index in [-0.39, 0.29) is 18.9 Å². The third-order valence-electron chi connectivity index (χ3n) is 2.78. The van der Waals surface area contributed by atoms with E-state index in [4.69, 9.17) is 19.7 Å². The van der Waals surface area contributed by atoms with Gasteiger partial charge in [0.1, 0.15) is 12.4 Å². The second-order valence-corrected chi connectivity index (χ2v) is 4.70. The van der Waals surface area contributed by atoms with Gasteiger partial charge in [-0.1, -0.05) is 25.1 Å². The van der Waals surface area contributed by atoms with E-state index in [0.29, 0.717) is 26.2 Å². The summed E-state index contributed by atoms with van der Waals surface area (Å²) in [5, 5.41) is 17.4. The average Bonchev–Trinajstić information content (AvgIpc) is 2.39. The topological polar surface area (TPSA) is 76.0 Å². The largest absolute Gasteiger partial charge is 0.491 e. The van der Waals surface area contributed by atoms with Gasteiger partial charge >= 0.3 is 5.97 Å². The van der Waals surface area contributed by atoms with Crippen LogP contribution < -0.4 is 4.74 Å². The number of aliphatic carboxylic acids is 1. The van der Waals surface area contributed by atoms with Crippen molar-refractivity contribution in [3.8, 4) is 5.75 Å². The SMILES string of the molecule is CC(CC(=O)O)Cc1ccccc1OCCOCCO. The molecule has 20 heavy (non-hydrogen) atoms. The lowest BCUT2D eigenvalue weighted by Gasteiger charge is -2.14. The van der Waals surface area contributed by atoms with Gasteiger partial charge in [-0.3, -0.25) is 4.79 Å². The van der Waals surface area contributed by atoms with Gasteiger partial charge < -0.3 is 19.7 Å². The Morgan fingerprint density at radius 2 is 2.00 bits per heavy atom. The molecule has 0 aliphatic heterocycles. The van der Waals surface area contributed by atoms with Crippen molar-refractivity contribution in [2.24, 2.45) is 5.92 Å². The number of aliphatic hydroxyl groups excluding tert-OH is 1. The number of para-hydroxylation sites is 1. The van der Waals surface area contributed by atoms with Crippen LogP contribution in [0.5, 0.6) is 5.75 Å². The number of carboxylic acids is 1. The van der Waals surface area contributed by atoms with Crippen LogP contribution in [0, 0.1) is 5.92 Å². The fraction of sp³-hybridized carbons (Fsp3) is 0.533. The van der Waals surface area contributed by atoms with Crippen LogP contribution in [-0.4, -0.2) is 42.6 Å². The van der Waals surface area contributed by atoms with E-state index in [1.165, 1.54) is 0 Å². The van der Waals surface area contributed by atoms with Crippen molar-refractivity contribution in [1.82, 2.24) is 0 Å². The molecule has 5 heteroatoms. The molecule has 0 bridgehead atoms. The first-order chi connectivity index (χ1) is 9.63. The maximum absolute atomic E-state index is 10.7. The number of hydrogen-bond acceptors (Lipinski definition) is 4. The summed E-state index contributed by atoms with van der Waals surface area (Å²) in [4.78, 5) is 10.7. The molecule has 0 fully saturated rings. The average molecular weight is 282 g/mol. The zero-order chi connectivity index (χ0) is 14.8. The summed E-state index contributed by atoms with van der Waals surface area (Å²) in [5.41, 5.74) is 1.00. The first-order valence-corrected chi connectivity index (χ1v) is 6.74. The van der Waals surface area contributed by atoms with E-state index in [9.17, 15) is 4.79 Å². The van der Waals surface area contributed by atoms with Gasteiger partial charge in [0.2, 0.25) is 0 Å². The highest BCUT2D eigenvalue weighted by molar-refractivity contribution is 5.67. The molecule has 0 saturated carbocycles. The highest BCUT2D eigenvalue weighted by Gasteiger charge is 2.11. The predicted octanol–water partition coefficient (Wildman–Crippen LogP) is 1.73. The van der Waals surface area contributed by atoms with Crippen molar-refractivity contribution in [3.05, 3.63) is 29.8 Å². The first kappa shape index (κ1) is 16.5. The van der Waals surface area contributed by atoms with Gasteiger partial charge in [-0.25, -0.2) is 0 Å². The zero-order valence-electron chi connectivity index (χ0n) is 11.7. The third-order valence-corrected chi connectivity index (χ3v) is 2.78. The van der Waals surface area contributed by atoms with E-state index in [1.54, 1.807) is 0 Å². The molecule has 0 saturated heterocycles. The Hall–Kier alpha value is -1.59. The molecule has 0 aromatic heterocycles. The molecule has 1 unspecified atom stereocenters. The Labute approximate surface area is 119 Å². The van der Waals surface area contributed by atoms with Crippen LogP contribution in [0.1, 0.15) is 18.9 Å². The minimum Gasteiger partial charge on any atom is -0.491 e. The maximum Gasteiger partial charge on any atom is 0.303 e. The summed E-state index contributed by atoms with van der Waals surface area (Å²) >= 11 is 0. The van der Waals surface area contributed by atoms with Crippen molar-refractivity contribution >= 4 is 5.97 Å². The van der Waals surface area contributed by atoms with E-state index in [2.05, 4.69) is 0 Å². The summed E-state index contributed by atoms with van der Waals surface area (Å²) < 4.78 is 10.8. The highest BCUT2D eigenvalue weighted by Crippen LogP contribution is 2.22. The number of aliphatic hydroxyl groups is 1. The molecule has 1 aromatic carbocycles. The number of carboxylic acid groups (broad SMARTS) is 1. The Morgan fingerprint density at radius 3 is 2.70 bits per heavy atom. The van der Waals surface area contributed by atoms with Crippen LogP contribution in [0.3, 0.4) is 0 Å². The lowest BCUT2D eigenvalue weighted by molar-refractivity contribution is -0.137. The molecule has 0 aliphatic rings. The number of rotatable bonds is 10. The minimum absolute atomic E-state index is 0.00326. The highest BCUT2D eigenvalue weighted by atomic mass is 16.5.